The van der Waals surface area contributed by atoms with Gasteiger partial charge in [0.25, 0.3) is 5.91 Å². The zero-order valence-corrected chi connectivity index (χ0v) is 13.7. The molecule has 0 unspecified atom stereocenters. The summed E-state index contributed by atoms with van der Waals surface area (Å²) in [5, 5.41) is 1.72. The van der Waals surface area contributed by atoms with E-state index in [1.807, 2.05) is 6.92 Å². The van der Waals surface area contributed by atoms with Crippen molar-refractivity contribution in [3.63, 3.8) is 0 Å². The molecule has 1 N–H and O–H groups in total. The number of hydrogen-bond donors (Lipinski definition) is 1. The molecule has 0 atom stereocenters. The Morgan fingerprint density at radius 1 is 1.22 bits per heavy atom. The quantitative estimate of drug-likeness (QED) is 0.819. The van der Waals surface area contributed by atoms with Crippen LogP contribution in [0.15, 0.2) is 29.2 Å². The minimum Gasteiger partial charge on any atom is -0.343 e. The number of benzene rings is 1. The van der Waals surface area contributed by atoms with Crippen LogP contribution in [0.1, 0.15) is 30.1 Å². The topological polar surface area (TPSA) is 66.5 Å². The van der Waals surface area contributed by atoms with Crippen molar-refractivity contribution in [1.82, 2.24) is 9.62 Å². The van der Waals surface area contributed by atoms with Gasteiger partial charge >= 0.3 is 6.18 Å². The maximum atomic E-state index is 12.3. The van der Waals surface area contributed by atoms with Crippen LogP contribution >= 0.6 is 0 Å². The lowest BCUT2D eigenvalue weighted by Gasteiger charge is -2.17. The van der Waals surface area contributed by atoms with Gasteiger partial charge in [0.05, 0.1) is 4.90 Å². The second kappa shape index (κ2) is 7.78. The maximum absolute atomic E-state index is 12.3. The number of nitrogens with one attached hydrogen (secondary N) is 1. The van der Waals surface area contributed by atoms with Crippen LogP contribution in [0.3, 0.4) is 0 Å². The van der Waals surface area contributed by atoms with Crippen LogP contribution in [0, 0.1) is 0 Å². The van der Waals surface area contributed by atoms with E-state index >= 15 is 0 Å². The van der Waals surface area contributed by atoms with Gasteiger partial charge in [-0.1, -0.05) is 13.3 Å². The molecule has 0 fully saturated rings. The molecule has 1 amide bonds. The lowest BCUT2D eigenvalue weighted by Crippen LogP contribution is -2.33. The minimum atomic E-state index is -4.50. The molecule has 0 heterocycles. The lowest BCUT2D eigenvalue weighted by atomic mass is 10.2. The molecule has 0 radical (unpaired) electrons. The standard InChI is InChI=1S/C14H19F3N2O3S/c1-3-4-9-19(2)23(21,22)12-7-5-11(6-8-12)13(20)18-10-14(15,16)17/h5-8H,3-4,9-10H2,1-2H3,(H,18,20). The minimum absolute atomic E-state index is 0.0107. The number of carbonyl (C=O) groups is 1. The van der Waals surface area contributed by atoms with Crippen molar-refractivity contribution < 1.29 is 26.4 Å². The van der Waals surface area contributed by atoms with Crippen LogP contribution in [0.25, 0.3) is 0 Å². The number of unbranched alkanes of at least 4 members (excludes halogenated alkanes) is 1. The average molecular weight is 352 g/mol. The number of amides is 1. The van der Waals surface area contributed by atoms with Gasteiger partial charge in [-0.05, 0) is 30.7 Å². The summed E-state index contributed by atoms with van der Waals surface area (Å²) in [5.74, 6) is -0.911. The predicted octanol–water partition coefficient (Wildman–Crippen LogP) is 2.40. The second-order valence-corrected chi connectivity index (χ2v) is 7.05. The first-order chi connectivity index (χ1) is 10.6. The Kier molecular flexibility index (Phi) is 6.57. The summed E-state index contributed by atoms with van der Waals surface area (Å²) in [5.41, 5.74) is -0.0376. The summed E-state index contributed by atoms with van der Waals surface area (Å²) in [6, 6.07) is 4.79. The third kappa shape index (κ3) is 5.83. The van der Waals surface area contributed by atoms with Crippen molar-refractivity contribution in [2.24, 2.45) is 0 Å². The van der Waals surface area contributed by atoms with E-state index < -0.39 is 28.7 Å². The predicted molar refractivity (Wildman–Crippen MR) is 79.6 cm³/mol. The van der Waals surface area contributed by atoms with Gasteiger partial charge in [0.2, 0.25) is 10.0 Å². The second-order valence-electron chi connectivity index (χ2n) is 5.00. The summed E-state index contributed by atoms with van der Waals surface area (Å²) >= 11 is 0. The Hall–Kier alpha value is -1.61. The normalized spacial score (nSPS) is 12.4. The molecule has 0 saturated heterocycles. The van der Waals surface area contributed by atoms with Crippen LogP contribution in [-0.2, 0) is 10.0 Å². The Labute approximate surface area is 133 Å². The van der Waals surface area contributed by atoms with Crippen molar-refractivity contribution in [3.8, 4) is 0 Å². The molecular formula is C14H19F3N2O3S. The number of hydrogen-bond acceptors (Lipinski definition) is 3. The first-order valence-corrected chi connectivity index (χ1v) is 8.43. The maximum Gasteiger partial charge on any atom is 0.405 e. The molecule has 5 nitrogen and oxygen atoms in total. The highest BCUT2D eigenvalue weighted by Gasteiger charge is 2.28. The summed E-state index contributed by atoms with van der Waals surface area (Å²) in [7, 11) is -2.21. The number of nitrogens with zero attached hydrogens (tertiary/aromatic N) is 1. The zero-order valence-electron chi connectivity index (χ0n) is 12.9. The number of carbonyl (C=O) groups excluding carboxylic acids is 1. The van der Waals surface area contributed by atoms with E-state index in [-0.39, 0.29) is 10.5 Å². The number of rotatable bonds is 7. The Bertz CT molecular complexity index is 628. The van der Waals surface area contributed by atoms with Gasteiger partial charge in [0, 0.05) is 19.2 Å². The number of sulfonamides is 1. The van der Waals surface area contributed by atoms with E-state index in [4.69, 9.17) is 0 Å². The van der Waals surface area contributed by atoms with E-state index in [0.717, 1.165) is 6.42 Å². The fraction of sp³-hybridized carbons (Fsp3) is 0.500. The molecule has 23 heavy (non-hydrogen) atoms. The monoisotopic (exact) mass is 352 g/mol. The van der Waals surface area contributed by atoms with Crippen molar-refractivity contribution in [3.05, 3.63) is 29.8 Å². The molecule has 130 valence electrons. The van der Waals surface area contributed by atoms with Gasteiger partial charge in [-0.3, -0.25) is 4.79 Å². The van der Waals surface area contributed by atoms with Crippen molar-refractivity contribution >= 4 is 15.9 Å². The van der Waals surface area contributed by atoms with Crippen LogP contribution < -0.4 is 5.32 Å². The molecule has 1 aromatic carbocycles. The van der Waals surface area contributed by atoms with Crippen molar-refractivity contribution in [1.29, 1.82) is 0 Å². The SMILES string of the molecule is CCCCN(C)S(=O)(=O)c1ccc(C(=O)NCC(F)(F)F)cc1. The first kappa shape index (κ1) is 19.4. The molecule has 1 rings (SSSR count). The molecule has 0 aliphatic carbocycles. The third-order valence-electron chi connectivity index (χ3n) is 3.10. The van der Waals surface area contributed by atoms with Gasteiger partial charge < -0.3 is 5.32 Å². The summed E-state index contributed by atoms with van der Waals surface area (Å²) < 4.78 is 61.8. The molecule has 1 aromatic rings. The lowest BCUT2D eigenvalue weighted by molar-refractivity contribution is -0.123. The van der Waals surface area contributed by atoms with Gasteiger partial charge in [0.15, 0.2) is 0 Å². The summed E-state index contributed by atoms with van der Waals surface area (Å²) in [6.45, 7) is 0.868. The van der Waals surface area contributed by atoms with Gasteiger partial charge in [-0.15, -0.1) is 0 Å². The van der Waals surface area contributed by atoms with Gasteiger partial charge in [0.1, 0.15) is 6.54 Å². The highest BCUT2D eigenvalue weighted by molar-refractivity contribution is 7.89. The molecule has 0 aromatic heterocycles. The summed E-state index contributed by atoms with van der Waals surface area (Å²) in [4.78, 5) is 11.5. The molecule has 0 aliphatic heterocycles. The van der Waals surface area contributed by atoms with E-state index in [1.165, 1.54) is 35.6 Å². The number of alkyl halides is 3. The van der Waals surface area contributed by atoms with Crippen molar-refractivity contribution in [2.75, 3.05) is 20.1 Å². The molecule has 0 aliphatic rings. The van der Waals surface area contributed by atoms with E-state index in [1.54, 1.807) is 5.32 Å². The number of halogens is 3. The van der Waals surface area contributed by atoms with Crippen LogP contribution in [0.2, 0.25) is 0 Å². The fourth-order valence-corrected chi connectivity index (χ4v) is 2.95. The molecule has 0 spiro atoms. The molecule has 9 heteroatoms. The van der Waals surface area contributed by atoms with Crippen LogP contribution in [0.4, 0.5) is 13.2 Å². The average Bonchev–Trinajstić information content (AvgIpc) is 2.49. The summed E-state index contributed by atoms with van der Waals surface area (Å²) in [6.07, 6.45) is -2.94. The Morgan fingerprint density at radius 3 is 2.26 bits per heavy atom. The van der Waals surface area contributed by atoms with Gasteiger partial charge in [-0.2, -0.15) is 13.2 Å². The largest absolute Gasteiger partial charge is 0.405 e. The van der Waals surface area contributed by atoms with Crippen molar-refractivity contribution in [2.45, 2.75) is 30.8 Å². The van der Waals surface area contributed by atoms with Crippen LogP contribution in [-0.4, -0.2) is 44.9 Å². The Morgan fingerprint density at radius 2 is 1.78 bits per heavy atom. The third-order valence-corrected chi connectivity index (χ3v) is 4.97. The fourth-order valence-electron chi connectivity index (χ4n) is 1.74. The van der Waals surface area contributed by atoms with E-state index in [0.29, 0.717) is 13.0 Å². The van der Waals surface area contributed by atoms with Gasteiger partial charge in [-0.25, -0.2) is 12.7 Å². The Balaban J connectivity index is 2.81. The van der Waals surface area contributed by atoms with E-state index in [9.17, 15) is 26.4 Å². The molecular weight excluding hydrogens is 333 g/mol. The molecule has 0 saturated carbocycles. The highest BCUT2D eigenvalue weighted by atomic mass is 32.2. The zero-order chi connectivity index (χ0) is 17.7. The highest BCUT2D eigenvalue weighted by Crippen LogP contribution is 2.16. The molecule has 0 bridgehead atoms. The van der Waals surface area contributed by atoms with Crippen LogP contribution in [0.5, 0.6) is 0 Å². The van der Waals surface area contributed by atoms with E-state index in [2.05, 4.69) is 0 Å². The first-order valence-electron chi connectivity index (χ1n) is 6.99. The smallest absolute Gasteiger partial charge is 0.343 e.